The van der Waals surface area contributed by atoms with Gasteiger partial charge in [0.1, 0.15) is 18.0 Å². The number of hydrogen-bond acceptors (Lipinski definition) is 4. The topological polar surface area (TPSA) is 97.4 Å². The molecule has 0 atom stereocenters. The summed E-state index contributed by atoms with van der Waals surface area (Å²) in [6, 6.07) is 3.18. The van der Waals surface area contributed by atoms with Crippen LogP contribution in [0.3, 0.4) is 0 Å². The normalized spacial score (nSPS) is 10.5. The number of carboxylic acid groups (broad SMARTS) is 1. The molecule has 0 fully saturated rings. The van der Waals surface area contributed by atoms with Crippen molar-refractivity contribution in [1.82, 2.24) is 14.9 Å². The van der Waals surface area contributed by atoms with Gasteiger partial charge in [0, 0.05) is 6.20 Å². The van der Waals surface area contributed by atoms with Crippen LogP contribution in [-0.2, 0) is 17.9 Å². The van der Waals surface area contributed by atoms with Gasteiger partial charge in [0.15, 0.2) is 0 Å². The van der Waals surface area contributed by atoms with Crippen molar-refractivity contribution in [2.75, 3.05) is 0 Å². The quantitative estimate of drug-likeness (QED) is 0.853. The van der Waals surface area contributed by atoms with Crippen LogP contribution >= 0.6 is 0 Å². The van der Waals surface area contributed by atoms with Gasteiger partial charge in [-0.3, -0.25) is 9.59 Å². The highest BCUT2D eigenvalue weighted by Gasteiger charge is 2.13. The Morgan fingerprint density at radius 1 is 1.45 bits per heavy atom. The van der Waals surface area contributed by atoms with Gasteiger partial charge >= 0.3 is 5.97 Å². The van der Waals surface area contributed by atoms with Crippen molar-refractivity contribution in [3.63, 3.8) is 0 Å². The lowest BCUT2D eigenvalue weighted by atomic mass is 10.4. The lowest BCUT2D eigenvalue weighted by Gasteiger charge is -2.06. The van der Waals surface area contributed by atoms with Gasteiger partial charge in [0.2, 0.25) is 5.89 Å². The third-order valence-electron chi connectivity index (χ3n) is 2.84. The Bertz CT molecular complexity index is 622. The van der Waals surface area contributed by atoms with E-state index in [1.807, 2.05) is 6.92 Å². The molecule has 2 heterocycles. The Morgan fingerprint density at radius 2 is 2.20 bits per heavy atom. The molecule has 0 aliphatic rings. The van der Waals surface area contributed by atoms with Crippen LogP contribution in [0.1, 0.15) is 27.8 Å². The highest BCUT2D eigenvalue weighted by Crippen LogP contribution is 2.08. The van der Waals surface area contributed by atoms with E-state index in [1.54, 1.807) is 25.3 Å². The molecule has 0 spiro atoms. The van der Waals surface area contributed by atoms with Gasteiger partial charge in [-0.05, 0) is 26.0 Å². The second-order valence-corrected chi connectivity index (χ2v) is 4.35. The second kappa shape index (κ2) is 5.60. The summed E-state index contributed by atoms with van der Waals surface area (Å²) >= 11 is 0. The molecule has 106 valence electrons. The Hall–Kier alpha value is -2.57. The molecule has 0 saturated carbocycles. The third kappa shape index (κ3) is 3.05. The number of nitrogens with zero attached hydrogens (tertiary/aromatic N) is 2. The summed E-state index contributed by atoms with van der Waals surface area (Å²) in [5.41, 5.74) is 1.07. The van der Waals surface area contributed by atoms with Gasteiger partial charge in [0.05, 0.1) is 12.2 Å². The molecule has 0 saturated heterocycles. The average Bonchev–Trinajstić information content (AvgIpc) is 2.94. The average molecular weight is 277 g/mol. The third-order valence-corrected chi connectivity index (χ3v) is 2.84. The van der Waals surface area contributed by atoms with Gasteiger partial charge in [0.25, 0.3) is 5.91 Å². The van der Waals surface area contributed by atoms with E-state index in [0.29, 0.717) is 11.7 Å². The van der Waals surface area contributed by atoms with Gasteiger partial charge in [-0.25, -0.2) is 4.98 Å². The number of nitrogens with one attached hydrogen (secondary N) is 1. The summed E-state index contributed by atoms with van der Waals surface area (Å²) in [6.45, 7) is 3.52. The van der Waals surface area contributed by atoms with Gasteiger partial charge in [-0.15, -0.1) is 0 Å². The smallest absolute Gasteiger partial charge is 0.323 e. The molecule has 7 heteroatoms. The molecule has 2 rings (SSSR count). The Labute approximate surface area is 115 Å². The van der Waals surface area contributed by atoms with Gasteiger partial charge < -0.3 is 19.4 Å². The number of aromatic nitrogens is 2. The summed E-state index contributed by atoms with van der Waals surface area (Å²) in [5, 5.41) is 11.4. The van der Waals surface area contributed by atoms with Gasteiger partial charge in [-0.2, -0.15) is 0 Å². The van der Waals surface area contributed by atoms with E-state index in [0.717, 1.165) is 5.69 Å². The largest absolute Gasteiger partial charge is 0.480 e. The number of carbonyl (C=O) groups is 2. The summed E-state index contributed by atoms with van der Waals surface area (Å²) in [4.78, 5) is 26.8. The molecule has 7 nitrogen and oxygen atoms in total. The first-order chi connectivity index (χ1) is 9.47. The van der Waals surface area contributed by atoms with Crippen LogP contribution in [0, 0.1) is 13.8 Å². The van der Waals surface area contributed by atoms with E-state index >= 15 is 0 Å². The number of carbonyl (C=O) groups excluding carboxylic acids is 1. The van der Waals surface area contributed by atoms with E-state index in [1.165, 1.54) is 4.57 Å². The molecule has 0 aliphatic heterocycles. The zero-order valence-corrected chi connectivity index (χ0v) is 11.2. The minimum Gasteiger partial charge on any atom is -0.480 e. The predicted molar refractivity (Wildman–Crippen MR) is 69.2 cm³/mol. The maximum atomic E-state index is 12.0. The van der Waals surface area contributed by atoms with E-state index < -0.39 is 5.97 Å². The maximum Gasteiger partial charge on any atom is 0.323 e. The number of hydrogen-bond donors (Lipinski definition) is 2. The van der Waals surface area contributed by atoms with Crippen LogP contribution < -0.4 is 5.32 Å². The second-order valence-electron chi connectivity index (χ2n) is 4.35. The molecular weight excluding hydrogens is 262 g/mol. The van der Waals surface area contributed by atoms with Crippen molar-refractivity contribution < 1.29 is 19.1 Å². The fraction of sp³-hybridized carbons (Fsp3) is 0.308. The van der Waals surface area contributed by atoms with Crippen molar-refractivity contribution in [2.24, 2.45) is 0 Å². The van der Waals surface area contributed by atoms with Crippen LogP contribution in [-0.4, -0.2) is 26.5 Å². The fourth-order valence-electron chi connectivity index (χ4n) is 1.77. The lowest BCUT2D eigenvalue weighted by molar-refractivity contribution is -0.137. The number of aryl methyl sites for hydroxylation is 2. The molecule has 2 aromatic heterocycles. The minimum atomic E-state index is -1.01. The van der Waals surface area contributed by atoms with E-state index in [4.69, 9.17) is 9.52 Å². The van der Waals surface area contributed by atoms with Crippen molar-refractivity contribution in [1.29, 1.82) is 0 Å². The van der Waals surface area contributed by atoms with Crippen molar-refractivity contribution in [3.8, 4) is 0 Å². The van der Waals surface area contributed by atoms with E-state index in [2.05, 4.69) is 10.3 Å². The molecule has 2 N–H and O–H groups in total. The zero-order valence-electron chi connectivity index (χ0n) is 11.2. The Balaban J connectivity index is 2.01. The molecule has 2 aromatic rings. The molecule has 0 radical (unpaired) electrons. The first-order valence-corrected chi connectivity index (χ1v) is 6.05. The number of oxazole rings is 1. The molecule has 0 aliphatic carbocycles. The van der Waals surface area contributed by atoms with Crippen molar-refractivity contribution >= 4 is 11.9 Å². The maximum absolute atomic E-state index is 12.0. The van der Waals surface area contributed by atoms with Crippen LogP contribution in [0.4, 0.5) is 0 Å². The highest BCUT2D eigenvalue weighted by atomic mass is 16.4. The summed E-state index contributed by atoms with van der Waals surface area (Å²) in [6.07, 6.45) is 1.54. The van der Waals surface area contributed by atoms with Gasteiger partial charge in [-0.1, -0.05) is 0 Å². The summed E-state index contributed by atoms with van der Waals surface area (Å²) in [7, 11) is 0. The number of carboxylic acids is 1. The Kier molecular flexibility index (Phi) is 3.88. The lowest BCUT2D eigenvalue weighted by Crippen LogP contribution is -2.26. The Morgan fingerprint density at radius 3 is 2.80 bits per heavy atom. The predicted octanol–water partition coefficient (Wildman–Crippen LogP) is 1.11. The number of rotatable bonds is 5. The number of amides is 1. The molecular formula is C13H15N3O4. The van der Waals surface area contributed by atoms with Crippen LogP contribution in [0.2, 0.25) is 0 Å². The molecule has 0 bridgehead atoms. The van der Waals surface area contributed by atoms with E-state index in [-0.39, 0.29) is 24.7 Å². The minimum absolute atomic E-state index is 0.158. The van der Waals surface area contributed by atoms with Crippen molar-refractivity contribution in [2.45, 2.75) is 26.9 Å². The first kappa shape index (κ1) is 13.9. The van der Waals surface area contributed by atoms with Crippen LogP contribution in [0.25, 0.3) is 0 Å². The fourth-order valence-corrected chi connectivity index (χ4v) is 1.77. The zero-order chi connectivity index (χ0) is 14.7. The molecule has 20 heavy (non-hydrogen) atoms. The monoisotopic (exact) mass is 277 g/mol. The number of aliphatic carboxylic acids is 1. The standard InChI is InChI=1S/C13H15N3O4/c1-8-9(2)20-11(15-8)6-14-13(19)10-4-3-5-16(10)7-12(17)18/h3-5H,6-7H2,1-2H3,(H,14,19)(H,17,18). The molecule has 0 unspecified atom stereocenters. The van der Waals surface area contributed by atoms with Crippen molar-refractivity contribution in [3.05, 3.63) is 41.4 Å². The van der Waals surface area contributed by atoms with Crippen LogP contribution in [0.5, 0.6) is 0 Å². The van der Waals surface area contributed by atoms with E-state index in [9.17, 15) is 9.59 Å². The SMILES string of the molecule is Cc1nc(CNC(=O)c2cccn2CC(=O)O)oc1C. The summed E-state index contributed by atoms with van der Waals surface area (Å²) < 4.78 is 6.71. The van der Waals surface area contributed by atoms with Crippen LogP contribution in [0.15, 0.2) is 22.7 Å². The highest BCUT2D eigenvalue weighted by molar-refractivity contribution is 5.93. The summed E-state index contributed by atoms with van der Waals surface area (Å²) in [5.74, 6) is -0.243. The molecule has 1 amide bonds. The molecule has 0 aromatic carbocycles. The first-order valence-electron chi connectivity index (χ1n) is 6.05.